The van der Waals surface area contributed by atoms with Gasteiger partial charge in [-0.05, 0) is 29.7 Å². The van der Waals surface area contributed by atoms with Crippen molar-refractivity contribution in [2.45, 2.75) is 13.3 Å². The third-order valence-electron chi connectivity index (χ3n) is 3.17. The maximum Gasteiger partial charge on any atom is 0.321 e. The Morgan fingerprint density at radius 1 is 1.05 bits per heavy atom. The molecule has 1 N–H and O–H groups in total. The number of hydrogen-bond acceptors (Lipinski definition) is 1. The summed E-state index contributed by atoms with van der Waals surface area (Å²) in [5.41, 5.74) is 3.15. The van der Waals surface area contributed by atoms with E-state index >= 15 is 0 Å². The minimum absolute atomic E-state index is 0.0722. The molecule has 0 spiro atoms. The third-order valence-corrected chi connectivity index (χ3v) is 3.17. The molecule has 0 aromatic heterocycles. The monoisotopic (exact) mass is 268 g/mol. The van der Waals surface area contributed by atoms with Crippen LogP contribution < -0.4 is 10.2 Å². The first-order chi connectivity index (χ1) is 9.72. The molecule has 0 aliphatic heterocycles. The van der Waals surface area contributed by atoms with Crippen LogP contribution in [-0.2, 0) is 0 Å². The second kappa shape index (κ2) is 6.75. The lowest BCUT2D eigenvalue weighted by molar-refractivity contribution is 0.247. The zero-order valence-electron chi connectivity index (χ0n) is 12.0. The summed E-state index contributed by atoms with van der Waals surface area (Å²) in [7, 11) is 1.79. The number of amides is 2. The van der Waals surface area contributed by atoms with Gasteiger partial charge in [-0.2, -0.15) is 0 Å². The number of urea groups is 1. The standard InChI is InChI=1S/C17H20N2O/c1-3-12-18-17(20)19(2)16-11-7-10-15(13-16)14-8-5-4-6-9-14/h4-11,13H,3,12H2,1-2H3,(H,18,20). The summed E-state index contributed by atoms with van der Waals surface area (Å²) >= 11 is 0. The first kappa shape index (κ1) is 14.1. The summed E-state index contributed by atoms with van der Waals surface area (Å²) in [6.45, 7) is 2.73. The Balaban J connectivity index is 2.19. The Kier molecular flexibility index (Phi) is 4.77. The van der Waals surface area contributed by atoms with E-state index in [4.69, 9.17) is 0 Å². The minimum atomic E-state index is -0.0722. The lowest BCUT2D eigenvalue weighted by Gasteiger charge is -2.18. The highest BCUT2D eigenvalue weighted by molar-refractivity contribution is 5.92. The number of nitrogens with zero attached hydrogens (tertiary/aromatic N) is 1. The van der Waals surface area contributed by atoms with Crippen molar-refractivity contribution in [2.75, 3.05) is 18.5 Å². The molecule has 2 aromatic carbocycles. The molecule has 20 heavy (non-hydrogen) atoms. The molecule has 0 atom stereocenters. The fourth-order valence-electron chi connectivity index (χ4n) is 1.99. The third kappa shape index (κ3) is 3.38. The van der Waals surface area contributed by atoms with Crippen molar-refractivity contribution >= 4 is 11.7 Å². The average molecular weight is 268 g/mol. The smallest absolute Gasteiger partial charge is 0.321 e. The van der Waals surface area contributed by atoms with Crippen molar-refractivity contribution in [1.82, 2.24) is 5.32 Å². The first-order valence-electron chi connectivity index (χ1n) is 6.89. The molecule has 3 nitrogen and oxygen atoms in total. The van der Waals surface area contributed by atoms with E-state index in [0.29, 0.717) is 6.54 Å². The Morgan fingerprint density at radius 3 is 2.45 bits per heavy atom. The molecule has 0 unspecified atom stereocenters. The average Bonchev–Trinajstić information content (AvgIpc) is 2.53. The molecule has 0 fully saturated rings. The van der Waals surface area contributed by atoms with Gasteiger partial charge in [0, 0.05) is 19.3 Å². The van der Waals surface area contributed by atoms with Crippen LogP contribution in [-0.4, -0.2) is 19.6 Å². The van der Waals surface area contributed by atoms with Crippen molar-refractivity contribution in [3.05, 3.63) is 54.6 Å². The molecule has 2 aromatic rings. The highest BCUT2D eigenvalue weighted by Gasteiger charge is 2.10. The molecule has 3 heteroatoms. The van der Waals surface area contributed by atoms with E-state index in [2.05, 4.69) is 23.5 Å². The van der Waals surface area contributed by atoms with Gasteiger partial charge < -0.3 is 5.32 Å². The molecular formula is C17H20N2O. The van der Waals surface area contributed by atoms with E-state index in [0.717, 1.165) is 23.2 Å². The number of rotatable bonds is 4. The van der Waals surface area contributed by atoms with Gasteiger partial charge in [0.2, 0.25) is 0 Å². The van der Waals surface area contributed by atoms with Crippen molar-refractivity contribution < 1.29 is 4.79 Å². The van der Waals surface area contributed by atoms with E-state index in [1.54, 1.807) is 11.9 Å². The van der Waals surface area contributed by atoms with Crippen LogP contribution in [0.5, 0.6) is 0 Å². The predicted molar refractivity (Wildman–Crippen MR) is 84.0 cm³/mol. The molecule has 0 saturated carbocycles. The van der Waals surface area contributed by atoms with Gasteiger partial charge in [0.25, 0.3) is 0 Å². The van der Waals surface area contributed by atoms with Crippen LogP contribution in [0.15, 0.2) is 54.6 Å². The quantitative estimate of drug-likeness (QED) is 0.896. The highest BCUT2D eigenvalue weighted by Crippen LogP contribution is 2.24. The van der Waals surface area contributed by atoms with E-state index in [9.17, 15) is 4.79 Å². The number of nitrogens with one attached hydrogen (secondary N) is 1. The zero-order chi connectivity index (χ0) is 14.4. The minimum Gasteiger partial charge on any atom is -0.338 e. The van der Waals surface area contributed by atoms with Gasteiger partial charge in [0.15, 0.2) is 0 Å². The number of carbonyl (C=O) groups is 1. The molecular weight excluding hydrogens is 248 g/mol. The largest absolute Gasteiger partial charge is 0.338 e. The fraction of sp³-hybridized carbons (Fsp3) is 0.235. The van der Waals surface area contributed by atoms with Gasteiger partial charge in [0.05, 0.1) is 0 Å². The van der Waals surface area contributed by atoms with Gasteiger partial charge in [-0.25, -0.2) is 4.79 Å². The van der Waals surface area contributed by atoms with E-state index in [1.165, 1.54) is 0 Å². The van der Waals surface area contributed by atoms with Crippen LogP contribution >= 0.6 is 0 Å². The predicted octanol–water partition coefficient (Wildman–Crippen LogP) is 3.91. The summed E-state index contributed by atoms with van der Waals surface area (Å²) in [6.07, 6.45) is 0.934. The van der Waals surface area contributed by atoms with E-state index in [1.807, 2.05) is 43.3 Å². The number of benzene rings is 2. The van der Waals surface area contributed by atoms with Crippen LogP contribution in [0.1, 0.15) is 13.3 Å². The second-order valence-electron chi connectivity index (χ2n) is 4.71. The SMILES string of the molecule is CCCNC(=O)N(C)c1cccc(-c2ccccc2)c1. The summed E-state index contributed by atoms with van der Waals surface area (Å²) < 4.78 is 0. The van der Waals surface area contributed by atoms with Crippen LogP contribution in [0.25, 0.3) is 11.1 Å². The van der Waals surface area contributed by atoms with E-state index < -0.39 is 0 Å². The van der Waals surface area contributed by atoms with Gasteiger partial charge in [-0.3, -0.25) is 4.90 Å². The topological polar surface area (TPSA) is 32.3 Å². The van der Waals surface area contributed by atoms with Crippen LogP contribution in [0.2, 0.25) is 0 Å². The summed E-state index contributed by atoms with van der Waals surface area (Å²) in [4.78, 5) is 13.6. The Labute approximate surface area is 120 Å². The molecule has 0 aliphatic carbocycles. The molecule has 2 amide bonds. The molecule has 104 valence electrons. The Hall–Kier alpha value is -2.29. The summed E-state index contributed by atoms with van der Waals surface area (Å²) in [5.74, 6) is 0. The molecule has 0 bridgehead atoms. The lowest BCUT2D eigenvalue weighted by atomic mass is 10.1. The van der Waals surface area contributed by atoms with E-state index in [-0.39, 0.29) is 6.03 Å². The maximum atomic E-state index is 12.0. The zero-order valence-corrected chi connectivity index (χ0v) is 12.0. The number of carbonyl (C=O) groups excluding carboxylic acids is 1. The Morgan fingerprint density at radius 2 is 1.75 bits per heavy atom. The maximum absolute atomic E-state index is 12.0. The first-order valence-corrected chi connectivity index (χ1v) is 6.89. The second-order valence-corrected chi connectivity index (χ2v) is 4.71. The Bertz CT molecular complexity index is 566. The number of anilines is 1. The van der Waals surface area contributed by atoms with Crippen molar-refractivity contribution in [3.8, 4) is 11.1 Å². The lowest BCUT2D eigenvalue weighted by Crippen LogP contribution is -2.37. The van der Waals surface area contributed by atoms with Gasteiger partial charge in [-0.1, -0.05) is 49.4 Å². The fourth-order valence-corrected chi connectivity index (χ4v) is 1.99. The molecule has 0 saturated heterocycles. The van der Waals surface area contributed by atoms with Crippen molar-refractivity contribution in [2.24, 2.45) is 0 Å². The highest BCUT2D eigenvalue weighted by atomic mass is 16.2. The van der Waals surface area contributed by atoms with Gasteiger partial charge in [-0.15, -0.1) is 0 Å². The normalized spacial score (nSPS) is 10.1. The van der Waals surface area contributed by atoms with Crippen molar-refractivity contribution in [3.63, 3.8) is 0 Å². The molecule has 0 heterocycles. The number of hydrogen-bond donors (Lipinski definition) is 1. The molecule has 0 radical (unpaired) electrons. The van der Waals surface area contributed by atoms with Crippen LogP contribution in [0, 0.1) is 0 Å². The van der Waals surface area contributed by atoms with Gasteiger partial charge in [0.1, 0.15) is 0 Å². The van der Waals surface area contributed by atoms with Crippen LogP contribution in [0.3, 0.4) is 0 Å². The summed E-state index contributed by atoms with van der Waals surface area (Å²) in [6, 6.07) is 18.1. The summed E-state index contributed by atoms with van der Waals surface area (Å²) in [5, 5.41) is 2.88. The molecule has 0 aliphatic rings. The molecule has 2 rings (SSSR count). The van der Waals surface area contributed by atoms with Crippen LogP contribution in [0.4, 0.5) is 10.5 Å². The van der Waals surface area contributed by atoms with Crippen molar-refractivity contribution in [1.29, 1.82) is 0 Å². The van der Waals surface area contributed by atoms with Gasteiger partial charge >= 0.3 is 6.03 Å².